The van der Waals surface area contributed by atoms with Gasteiger partial charge in [-0.2, -0.15) is 0 Å². The van der Waals surface area contributed by atoms with E-state index in [4.69, 9.17) is 5.73 Å². The minimum Gasteiger partial charge on any atom is -0.399 e. The average molecular weight is 285 g/mol. The summed E-state index contributed by atoms with van der Waals surface area (Å²) in [5.74, 6) is 0. The van der Waals surface area contributed by atoms with Gasteiger partial charge in [-0.1, -0.05) is 22.9 Å². The topological polar surface area (TPSA) is 29.3 Å². The fourth-order valence-corrected chi connectivity index (χ4v) is 2.11. The smallest absolute Gasteiger partial charge is 0.0318 e. The Kier molecular flexibility index (Phi) is 5.29. The molecular weight excluding hydrogens is 264 g/mol. The maximum Gasteiger partial charge on any atom is 0.0318 e. The summed E-state index contributed by atoms with van der Waals surface area (Å²) < 4.78 is 1.14. The lowest BCUT2D eigenvalue weighted by Crippen LogP contribution is -2.31. The Hall–Kier alpha value is -0.540. The van der Waals surface area contributed by atoms with Crippen molar-refractivity contribution in [3.05, 3.63) is 28.2 Å². The second-order valence-corrected chi connectivity index (χ2v) is 5.27. The standard InChI is InChI=1S/C13H21BrN2/c1-4-7-16(10(2)3)9-11-8-12(15)5-6-13(11)14/h5-6,8,10H,4,7,9,15H2,1-3H3. The predicted molar refractivity (Wildman–Crippen MR) is 74.4 cm³/mol. The minimum atomic E-state index is 0.563. The monoisotopic (exact) mass is 284 g/mol. The number of nitrogens with zero attached hydrogens (tertiary/aromatic N) is 1. The van der Waals surface area contributed by atoms with Gasteiger partial charge in [0.2, 0.25) is 0 Å². The fraction of sp³-hybridized carbons (Fsp3) is 0.538. The number of anilines is 1. The van der Waals surface area contributed by atoms with Gasteiger partial charge in [0.15, 0.2) is 0 Å². The zero-order valence-corrected chi connectivity index (χ0v) is 11.9. The molecule has 16 heavy (non-hydrogen) atoms. The average Bonchev–Trinajstić information content (AvgIpc) is 2.22. The maximum absolute atomic E-state index is 5.81. The quantitative estimate of drug-likeness (QED) is 0.837. The highest BCUT2D eigenvalue weighted by Gasteiger charge is 2.11. The number of hydrogen-bond acceptors (Lipinski definition) is 2. The van der Waals surface area contributed by atoms with Gasteiger partial charge in [0.25, 0.3) is 0 Å². The highest BCUT2D eigenvalue weighted by Crippen LogP contribution is 2.22. The summed E-state index contributed by atoms with van der Waals surface area (Å²) in [5, 5.41) is 0. The zero-order valence-electron chi connectivity index (χ0n) is 10.3. The minimum absolute atomic E-state index is 0.563. The lowest BCUT2D eigenvalue weighted by molar-refractivity contribution is 0.213. The molecule has 0 heterocycles. The highest BCUT2D eigenvalue weighted by molar-refractivity contribution is 9.10. The Morgan fingerprint density at radius 3 is 2.62 bits per heavy atom. The Balaban J connectivity index is 2.80. The van der Waals surface area contributed by atoms with E-state index in [1.54, 1.807) is 0 Å². The first-order valence-corrected chi connectivity index (χ1v) is 6.61. The van der Waals surface area contributed by atoms with Crippen LogP contribution in [0.5, 0.6) is 0 Å². The van der Waals surface area contributed by atoms with Crippen LogP contribution in [-0.4, -0.2) is 17.5 Å². The molecule has 0 radical (unpaired) electrons. The first kappa shape index (κ1) is 13.5. The van der Waals surface area contributed by atoms with Crippen molar-refractivity contribution >= 4 is 21.6 Å². The SMILES string of the molecule is CCCN(Cc1cc(N)ccc1Br)C(C)C. The molecule has 0 bridgehead atoms. The van der Waals surface area contributed by atoms with E-state index in [0.29, 0.717) is 6.04 Å². The molecule has 0 saturated heterocycles. The molecule has 0 aliphatic carbocycles. The molecule has 2 nitrogen and oxygen atoms in total. The van der Waals surface area contributed by atoms with Gasteiger partial charge in [0.1, 0.15) is 0 Å². The summed E-state index contributed by atoms with van der Waals surface area (Å²) in [6.45, 7) is 8.76. The van der Waals surface area contributed by atoms with E-state index in [2.05, 4.69) is 47.7 Å². The van der Waals surface area contributed by atoms with Gasteiger partial charge in [-0.25, -0.2) is 0 Å². The largest absolute Gasteiger partial charge is 0.399 e. The van der Waals surface area contributed by atoms with E-state index in [1.165, 1.54) is 12.0 Å². The number of rotatable bonds is 5. The van der Waals surface area contributed by atoms with Crippen LogP contribution in [-0.2, 0) is 6.54 Å². The van der Waals surface area contributed by atoms with E-state index in [0.717, 1.165) is 23.2 Å². The molecule has 2 N–H and O–H groups in total. The van der Waals surface area contributed by atoms with Crippen molar-refractivity contribution in [3.8, 4) is 0 Å². The van der Waals surface area contributed by atoms with Crippen LogP contribution in [0.1, 0.15) is 32.8 Å². The third kappa shape index (κ3) is 3.80. The Labute approximate surface area is 107 Å². The fourth-order valence-electron chi connectivity index (χ4n) is 1.74. The molecular formula is C13H21BrN2. The Morgan fingerprint density at radius 2 is 2.06 bits per heavy atom. The van der Waals surface area contributed by atoms with Crippen molar-refractivity contribution in [2.45, 2.75) is 39.8 Å². The van der Waals surface area contributed by atoms with Gasteiger partial charge in [0, 0.05) is 22.7 Å². The van der Waals surface area contributed by atoms with Gasteiger partial charge in [-0.05, 0) is 50.6 Å². The zero-order chi connectivity index (χ0) is 12.1. The summed E-state index contributed by atoms with van der Waals surface area (Å²) in [6, 6.07) is 6.56. The van der Waals surface area contributed by atoms with Gasteiger partial charge in [-0.15, -0.1) is 0 Å². The molecule has 0 atom stereocenters. The predicted octanol–water partition coefficient (Wildman–Crippen LogP) is 3.65. The van der Waals surface area contributed by atoms with Crippen LogP contribution < -0.4 is 5.73 Å². The van der Waals surface area contributed by atoms with E-state index < -0.39 is 0 Å². The third-order valence-corrected chi connectivity index (χ3v) is 3.46. The summed E-state index contributed by atoms with van der Waals surface area (Å²) in [5.41, 5.74) is 7.91. The van der Waals surface area contributed by atoms with Crippen LogP contribution in [0.3, 0.4) is 0 Å². The Bertz CT molecular complexity index is 337. The second-order valence-electron chi connectivity index (χ2n) is 4.42. The number of nitrogen functional groups attached to an aromatic ring is 1. The van der Waals surface area contributed by atoms with Gasteiger partial charge in [-0.3, -0.25) is 4.90 Å². The van der Waals surface area contributed by atoms with Gasteiger partial charge >= 0.3 is 0 Å². The van der Waals surface area contributed by atoms with Crippen molar-refractivity contribution in [2.75, 3.05) is 12.3 Å². The number of hydrogen-bond donors (Lipinski definition) is 1. The van der Waals surface area contributed by atoms with Crippen LogP contribution in [0.4, 0.5) is 5.69 Å². The van der Waals surface area contributed by atoms with Crippen LogP contribution in [0.25, 0.3) is 0 Å². The van der Waals surface area contributed by atoms with E-state index in [-0.39, 0.29) is 0 Å². The second kappa shape index (κ2) is 6.26. The highest BCUT2D eigenvalue weighted by atomic mass is 79.9. The molecule has 0 saturated carbocycles. The molecule has 1 aromatic carbocycles. The third-order valence-electron chi connectivity index (χ3n) is 2.68. The summed E-state index contributed by atoms with van der Waals surface area (Å²) in [7, 11) is 0. The van der Waals surface area contributed by atoms with Crippen molar-refractivity contribution in [1.82, 2.24) is 4.90 Å². The number of benzene rings is 1. The molecule has 0 aromatic heterocycles. The van der Waals surface area contributed by atoms with Crippen molar-refractivity contribution in [3.63, 3.8) is 0 Å². The maximum atomic E-state index is 5.81. The van der Waals surface area contributed by atoms with Crippen molar-refractivity contribution in [2.24, 2.45) is 0 Å². The normalized spacial score (nSPS) is 11.4. The van der Waals surface area contributed by atoms with Gasteiger partial charge in [0.05, 0.1) is 0 Å². The van der Waals surface area contributed by atoms with Gasteiger partial charge < -0.3 is 5.73 Å². The summed E-state index contributed by atoms with van der Waals surface area (Å²) in [4.78, 5) is 2.46. The van der Waals surface area contributed by atoms with E-state index in [1.807, 2.05) is 12.1 Å². The van der Waals surface area contributed by atoms with Crippen LogP contribution in [0, 0.1) is 0 Å². The number of halogens is 1. The van der Waals surface area contributed by atoms with E-state index in [9.17, 15) is 0 Å². The van der Waals surface area contributed by atoms with Crippen molar-refractivity contribution in [1.29, 1.82) is 0 Å². The van der Waals surface area contributed by atoms with E-state index >= 15 is 0 Å². The number of nitrogens with two attached hydrogens (primary N) is 1. The molecule has 1 aromatic rings. The molecule has 1 rings (SSSR count). The first-order chi connectivity index (χ1) is 7.54. The van der Waals surface area contributed by atoms with Crippen LogP contribution in [0.15, 0.2) is 22.7 Å². The molecule has 3 heteroatoms. The Morgan fingerprint density at radius 1 is 1.38 bits per heavy atom. The lowest BCUT2D eigenvalue weighted by Gasteiger charge is -2.26. The molecule has 0 unspecified atom stereocenters. The lowest BCUT2D eigenvalue weighted by atomic mass is 10.1. The molecule has 0 aliphatic rings. The van der Waals surface area contributed by atoms with Crippen LogP contribution in [0.2, 0.25) is 0 Å². The first-order valence-electron chi connectivity index (χ1n) is 5.82. The van der Waals surface area contributed by atoms with Crippen LogP contribution >= 0.6 is 15.9 Å². The molecule has 0 spiro atoms. The molecule has 0 fully saturated rings. The molecule has 90 valence electrons. The molecule has 0 amide bonds. The summed E-state index contributed by atoms with van der Waals surface area (Å²) in [6.07, 6.45) is 1.18. The molecule has 0 aliphatic heterocycles. The van der Waals surface area contributed by atoms with Crippen molar-refractivity contribution < 1.29 is 0 Å². The summed E-state index contributed by atoms with van der Waals surface area (Å²) >= 11 is 3.58.